The van der Waals surface area contributed by atoms with Gasteiger partial charge in [0.2, 0.25) is 0 Å². The molecule has 1 saturated carbocycles. The van der Waals surface area contributed by atoms with Gasteiger partial charge in [0.15, 0.2) is 5.82 Å². The van der Waals surface area contributed by atoms with Crippen molar-refractivity contribution in [2.24, 2.45) is 0 Å². The zero-order chi connectivity index (χ0) is 11.9. The summed E-state index contributed by atoms with van der Waals surface area (Å²) in [6.45, 7) is 4.81. The SMILES string of the molecule is C1CN(C2CNC2)CC(c2nc(C3CC3)no2)O1. The number of hydrogen-bond donors (Lipinski definition) is 1. The summed E-state index contributed by atoms with van der Waals surface area (Å²) in [5.41, 5.74) is 0. The van der Waals surface area contributed by atoms with E-state index in [-0.39, 0.29) is 6.10 Å². The van der Waals surface area contributed by atoms with Crippen LogP contribution in [0.1, 0.15) is 36.6 Å². The second kappa shape index (κ2) is 4.29. The zero-order valence-corrected chi connectivity index (χ0v) is 10.3. The minimum Gasteiger partial charge on any atom is -0.366 e. The van der Waals surface area contributed by atoms with E-state index in [4.69, 9.17) is 9.26 Å². The van der Waals surface area contributed by atoms with E-state index >= 15 is 0 Å². The first kappa shape index (κ1) is 10.9. The normalized spacial score (nSPS) is 30.3. The van der Waals surface area contributed by atoms with Crippen LogP contribution in [0.4, 0.5) is 0 Å². The van der Waals surface area contributed by atoms with Gasteiger partial charge in [-0.05, 0) is 12.8 Å². The summed E-state index contributed by atoms with van der Waals surface area (Å²) in [7, 11) is 0. The smallest absolute Gasteiger partial charge is 0.257 e. The summed E-state index contributed by atoms with van der Waals surface area (Å²) >= 11 is 0. The molecule has 18 heavy (non-hydrogen) atoms. The standard InChI is InChI=1S/C12H18N4O2/c1-2-8(1)11-14-12(18-15-11)10-7-16(3-4-17-10)9-5-13-6-9/h8-10,13H,1-7H2. The first-order valence-corrected chi connectivity index (χ1v) is 6.80. The van der Waals surface area contributed by atoms with E-state index < -0.39 is 0 Å². The van der Waals surface area contributed by atoms with Crippen LogP contribution in [0.25, 0.3) is 0 Å². The summed E-state index contributed by atoms with van der Waals surface area (Å²) in [5, 5.41) is 7.37. The van der Waals surface area contributed by atoms with Crippen LogP contribution in [-0.4, -0.2) is 53.9 Å². The van der Waals surface area contributed by atoms with E-state index in [1.807, 2.05) is 0 Å². The second-order valence-electron chi connectivity index (χ2n) is 5.43. The number of aromatic nitrogens is 2. The fourth-order valence-electron chi connectivity index (χ4n) is 2.57. The number of morpholine rings is 1. The Bertz CT molecular complexity index is 427. The predicted molar refractivity (Wildman–Crippen MR) is 63.2 cm³/mol. The molecule has 2 saturated heterocycles. The summed E-state index contributed by atoms with van der Waals surface area (Å²) in [6, 6.07) is 0.655. The summed E-state index contributed by atoms with van der Waals surface area (Å²) in [6.07, 6.45) is 2.36. The second-order valence-corrected chi connectivity index (χ2v) is 5.43. The molecule has 1 aromatic rings. The lowest BCUT2D eigenvalue weighted by Crippen LogP contribution is -2.59. The Morgan fingerprint density at radius 2 is 2.17 bits per heavy atom. The predicted octanol–water partition coefficient (Wildman–Crippen LogP) is 0.292. The Hall–Kier alpha value is -0.980. The van der Waals surface area contributed by atoms with Crippen LogP contribution < -0.4 is 5.32 Å². The van der Waals surface area contributed by atoms with Gasteiger partial charge in [-0.2, -0.15) is 4.98 Å². The third-order valence-corrected chi connectivity index (χ3v) is 4.05. The van der Waals surface area contributed by atoms with E-state index in [0.29, 0.717) is 17.9 Å². The van der Waals surface area contributed by atoms with Crippen molar-refractivity contribution in [3.05, 3.63) is 11.7 Å². The third-order valence-electron chi connectivity index (χ3n) is 4.05. The van der Waals surface area contributed by atoms with Gasteiger partial charge in [-0.15, -0.1) is 0 Å². The monoisotopic (exact) mass is 250 g/mol. The van der Waals surface area contributed by atoms with Crippen molar-refractivity contribution in [1.29, 1.82) is 0 Å². The quantitative estimate of drug-likeness (QED) is 0.832. The van der Waals surface area contributed by atoms with Gasteiger partial charge in [0.05, 0.1) is 6.61 Å². The third kappa shape index (κ3) is 1.94. The van der Waals surface area contributed by atoms with Crippen LogP contribution in [0.2, 0.25) is 0 Å². The Morgan fingerprint density at radius 1 is 1.28 bits per heavy atom. The number of nitrogens with one attached hydrogen (secondary N) is 1. The highest BCUT2D eigenvalue weighted by atomic mass is 16.5. The molecule has 1 aliphatic carbocycles. The van der Waals surface area contributed by atoms with Crippen molar-refractivity contribution >= 4 is 0 Å². The van der Waals surface area contributed by atoms with Gasteiger partial charge in [-0.3, -0.25) is 4.90 Å². The Kier molecular flexibility index (Phi) is 2.60. The molecular weight excluding hydrogens is 232 g/mol. The van der Waals surface area contributed by atoms with Gasteiger partial charge in [0, 0.05) is 38.1 Å². The summed E-state index contributed by atoms with van der Waals surface area (Å²) < 4.78 is 11.1. The van der Waals surface area contributed by atoms with E-state index in [1.165, 1.54) is 12.8 Å². The summed E-state index contributed by atoms with van der Waals surface area (Å²) in [5.74, 6) is 2.07. The van der Waals surface area contributed by atoms with Crippen LogP contribution in [0, 0.1) is 0 Å². The Balaban J connectivity index is 1.45. The highest BCUT2D eigenvalue weighted by Gasteiger charge is 2.34. The molecule has 2 aliphatic heterocycles. The van der Waals surface area contributed by atoms with E-state index in [0.717, 1.165) is 38.6 Å². The molecule has 6 nitrogen and oxygen atoms in total. The highest BCUT2D eigenvalue weighted by Crippen LogP contribution is 2.38. The van der Waals surface area contributed by atoms with Crippen LogP contribution in [0.15, 0.2) is 4.52 Å². The molecule has 1 N–H and O–H groups in total. The van der Waals surface area contributed by atoms with Crippen LogP contribution in [0.3, 0.4) is 0 Å². The molecule has 0 radical (unpaired) electrons. The van der Waals surface area contributed by atoms with Gasteiger partial charge < -0.3 is 14.6 Å². The van der Waals surface area contributed by atoms with Gasteiger partial charge in [0.25, 0.3) is 5.89 Å². The van der Waals surface area contributed by atoms with Crippen LogP contribution in [0.5, 0.6) is 0 Å². The van der Waals surface area contributed by atoms with E-state index in [2.05, 4.69) is 20.4 Å². The average Bonchev–Trinajstić information content (AvgIpc) is 3.06. The average molecular weight is 250 g/mol. The van der Waals surface area contributed by atoms with Crippen molar-refractivity contribution in [3.63, 3.8) is 0 Å². The van der Waals surface area contributed by atoms with Crippen LogP contribution in [-0.2, 0) is 4.74 Å². The molecule has 3 fully saturated rings. The maximum Gasteiger partial charge on any atom is 0.257 e. The van der Waals surface area contributed by atoms with Gasteiger partial charge in [0.1, 0.15) is 6.10 Å². The van der Waals surface area contributed by atoms with Crippen molar-refractivity contribution in [2.75, 3.05) is 32.8 Å². The molecule has 3 aliphatic rings. The van der Waals surface area contributed by atoms with E-state index in [1.54, 1.807) is 0 Å². The highest BCUT2D eigenvalue weighted by molar-refractivity contribution is 5.05. The number of ether oxygens (including phenoxy) is 1. The molecule has 3 heterocycles. The largest absolute Gasteiger partial charge is 0.366 e. The minimum absolute atomic E-state index is 0.0423. The van der Waals surface area contributed by atoms with Crippen molar-refractivity contribution in [2.45, 2.75) is 30.9 Å². The maximum absolute atomic E-state index is 5.77. The van der Waals surface area contributed by atoms with E-state index in [9.17, 15) is 0 Å². The molecule has 0 bridgehead atoms. The minimum atomic E-state index is -0.0423. The first-order valence-electron chi connectivity index (χ1n) is 6.80. The first-order chi connectivity index (χ1) is 8.90. The van der Waals surface area contributed by atoms with Gasteiger partial charge >= 0.3 is 0 Å². The molecule has 1 atom stereocenters. The van der Waals surface area contributed by atoms with Crippen molar-refractivity contribution in [1.82, 2.24) is 20.4 Å². The number of nitrogens with zero attached hydrogens (tertiary/aromatic N) is 3. The van der Waals surface area contributed by atoms with Crippen LogP contribution >= 0.6 is 0 Å². The molecule has 0 amide bonds. The lowest BCUT2D eigenvalue weighted by Gasteiger charge is -2.41. The molecule has 1 aromatic heterocycles. The Labute approximate surface area is 106 Å². The molecule has 98 valence electrons. The number of hydrogen-bond acceptors (Lipinski definition) is 6. The topological polar surface area (TPSA) is 63.4 Å². The fourth-order valence-corrected chi connectivity index (χ4v) is 2.57. The summed E-state index contributed by atoms with van der Waals surface area (Å²) in [4.78, 5) is 6.95. The molecule has 1 unspecified atom stereocenters. The lowest BCUT2D eigenvalue weighted by molar-refractivity contribution is -0.0644. The number of rotatable bonds is 3. The maximum atomic E-state index is 5.77. The molecule has 6 heteroatoms. The van der Waals surface area contributed by atoms with Crippen molar-refractivity contribution < 1.29 is 9.26 Å². The van der Waals surface area contributed by atoms with Gasteiger partial charge in [-0.25, -0.2) is 0 Å². The fraction of sp³-hybridized carbons (Fsp3) is 0.833. The van der Waals surface area contributed by atoms with Gasteiger partial charge in [-0.1, -0.05) is 5.16 Å². The zero-order valence-electron chi connectivity index (χ0n) is 10.3. The molecule has 0 spiro atoms. The lowest BCUT2D eigenvalue weighted by atomic mass is 10.1. The molecule has 0 aromatic carbocycles. The molecule has 4 rings (SSSR count). The van der Waals surface area contributed by atoms with Crippen molar-refractivity contribution in [3.8, 4) is 0 Å². The Morgan fingerprint density at radius 3 is 2.89 bits per heavy atom. The molecular formula is C12H18N4O2.